The Balaban J connectivity index is 2.17. The van der Waals surface area contributed by atoms with Crippen LogP contribution in [0, 0.1) is 5.41 Å². The van der Waals surface area contributed by atoms with Crippen LogP contribution >= 0.6 is 0 Å². The molecule has 0 radical (unpaired) electrons. The van der Waals surface area contributed by atoms with Crippen LogP contribution in [0.25, 0.3) is 0 Å². The summed E-state index contributed by atoms with van der Waals surface area (Å²) >= 11 is 0. The van der Waals surface area contributed by atoms with Gasteiger partial charge in [0.1, 0.15) is 0 Å². The maximum Gasteiger partial charge on any atom is 0.0301 e. The molecule has 1 aliphatic rings. The van der Waals surface area contributed by atoms with E-state index in [0.29, 0.717) is 0 Å². The number of hydrogen-bond donors (Lipinski definition) is 0. The van der Waals surface area contributed by atoms with E-state index in [2.05, 4.69) is 45.2 Å². The monoisotopic (exact) mass is 286 g/mol. The molecule has 0 bridgehead atoms. The second kappa shape index (κ2) is 9.82. The minimum absolute atomic E-state index is 0.00276. The number of hydrogen-bond acceptors (Lipinski definition) is 0. The molecule has 1 unspecified atom stereocenters. The van der Waals surface area contributed by atoms with E-state index in [1.807, 2.05) is 6.08 Å². The van der Waals surface area contributed by atoms with Gasteiger partial charge in [-0.2, -0.15) is 0 Å². The first-order valence-electron chi connectivity index (χ1n) is 8.82. The van der Waals surface area contributed by atoms with Gasteiger partial charge in [-0.15, -0.1) is 6.58 Å². The van der Waals surface area contributed by atoms with E-state index in [9.17, 15) is 0 Å². The maximum atomic E-state index is 4.11. The Morgan fingerprint density at radius 3 is 2.24 bits per heavy atom. The topological polar surface area (TPSA) is 0 Å². The molecule has 0 saturated heterocycles. The summed E-state index contributed by atoms with van der Waals surface area (Å²) in [6.07, 6.45) is 22.4. The van der Waals surface area contributed by atoms with Crippen molar-refractivity contribution in [2.75, 3.05) is 0 Å². The number of unbranched alkanes of at least 4 members (excludes halogenated alkanes) is 7. The van der Waals surface area contributed by atoms with Crippen LogP contribution in [0.5, 0.6) is 0 Å². The van der Waals surface area contributed by atoms with E-state index in [1.165, 1.54) is 68.9 Å². The van der Waals surface area contributed by atoms with Crippen molar-refractivity contribution in [3.63, 3.8) is 0 Å². The predicted molar refractivity (Wildman–Crippen MR) is 96.5 cm³/mol. The molecular formula is C21H34. The van der Waals surface area contributed by atoms with Gasteiger partial charge >= 0.3 is 0 Å². The van der Waals surface area contributed by atoms with E-state index in [0.717, 1.165) is 6.42 Å². The van der Waals surface area contributed by atoms with Crippen LogP contribution in [0.3, 0.4) is 0 Å². The van der Waals surface area contributed by atoms with E-state index in [4.69, 9.17) is 0 Å². The van der Waals surface area contributed by atoms with Gasteiger partial charge in [0, 0.05) is 5.41 Å². The molecule has 0 aliphatic heterocycles. The van der Waals surface area contributed by atoms with Crippen LogP contribution in [0.4, 0.5) is 0 Å². The zero-order valence-corrected chi connectivity index (χ0v) is 14.3. The van der Waals surface area contributed by atoms with Crippen LogP contribution < -0.4 is 0 Å². The van der Waals surface area contributed by atoms with Crippen molar-refractivity contribution in [2.45, 2.75) is 78.1 Å². The van der Waals surface area contributed by atoms with Gasteiger partial charge < -0.3 is 0 Å². The Morgan fingerprint density at radius 1 is 1.14 bits per heavy atom. The summed E-state index contributed by atoms with van der Waals surface area (Å²) in [5, 5.41) is 0. The molecule has 0 heterocycles. The third kappa shape index (κ3) is 6.08. The molecule has 0 nitrogen and oxygen atoms in total. The van der Waals surface area contributed by atoms with Crippen LogP contribution in [0.1, 0.15) is 78.1 Å². The molecule has 1 atom stereocenters. The Hall–Kier alpha value is -1.04. The summed E-state index contributed by atoms with van der Waals surface area (Å²) in [6.45, 7) is 12.5. The highest BCUT2D eigenvalue weighted by molar-refractivity contribution is 5.36. The Kier molecular flexibility index (Phi) is 8.42. The van der Waals surface area contributed by atoms with Gasteiger partial charge in [-0.1, -0.05) is 93.9 Å². The minimum Gasteiger partial charge on any atom is -0.102 e. The average Bonchev–Trinajstić information content (AvgIpc) is 2.50. The van der Waals surface area contributed by atoms with Crippen molar-refractivity contribution in [3.8, 4) is 0 Å². The highest BCUT2D eigenvalue weighted by Gasteiger charge is 2.25. The fraction of sp³-hybridized carbons (Fsp3) is 0.619. The third-order valence-corrected chi connectivity index (χ3v) is 4.77. The minimum atomic E-state index is 0.00276. The van der Waals surface area contributed by atoms with E-state index < -0.39 is 0 Å². The average molecular weight is 287 g/mol. The molecule has 0 heteroatoms. The fourth-order valence-corrected chi connectivity index (χ4v) is 2.98. The zero-order valence-electron chi connectivity index (χ0n) is 14.3. The molecule has 0 aromatic carbocycles. The van der Waals surface area contributed by atoms with Crippen molar-refractivity contribution in [3.05, 3.63) is 48.6 Å². The van der Waals surface area contributed by atoms with Gasteiger partial charge in [0.15, 0.2) is 0 Å². The molecule has 118 valence electrons. The van der Waals surface area contributed by atoms with E-state index >= 15 is 0 Å². The number of allylic oxidation sites excluding steroid dienone is 6. The predicted octanol–water partition coefficient (Wildman–Crippen LogP) is 7.15. The van der Waals surface area contributed by atoms with Gasteiger partial charge in [0.05, 0.1) is 0 Å². The molecule has 1 aliphatic carbocycles. The largest absolute Gasteiger partial charge is 0.102 e. The standard InChI is InChI=1S/C21H34/c1-5-7-8-9-10-11-12-13-14-20-15-17-21(6-2,18-16-20)19(3)4/h6,15-17H,2-3,5,7-14,18H2,1,4H3. The molecular weight excluding hydrogens is 252 g/mol. The van der Waals surface area contributed by atoms with E-state index in [-0.39, 0.29) is 5.41 Å². The summed E-state index contributed by atoms with van der Waals surface area (Å²) in [7, 11) is 0. The molecule has 0 saturated carbocycles. The first-order valence-corrected chi connectivity index (χ1v) is 8.82. The first kappa shape index (κ1) is 18.0. The number of rotatable bonds is 11. The van der Waals surface area contributed by atoms with Crippen molar-refractivity contribution in [1.29, 1.82) is 0 Å². The smallest absolute Gasteiger partial charge is 0.0301 e. The molecule has 0 aromatic heterocycles. The first-order chi connectivity index (χ1) is 10.1. The Bertz CT molecular complexity index is 383. The van der Waals surface area contributed by atoms with Gasteiger partial charge in [-0.25, -0.2) is 0 Å². The Labute approximate surface area is 132 Å². The second-order valence-electron chi connectivity index (χ2n) is 6.57. The lowest BCUT2D eigenvalue weighted by atomic mass is 9.75. The molecule has 21 heavy (non-hydrogen) atoms. The van der Waals surface area contributed by atoms with Gasteiger partial charge in [0.25, 0.3) is 0 Å². The quantitative estimate of drug-likeness (QED) is 0.279. The van der Waals surface area contributed by atoms with Crippen molar-refractivity contribution in [2.24, 2.45) is 5.41 Å². The lowest BCUT2D eigenvalue weighted by Crippen LogP contribution is -2.17. The zero-order chi connectivity index (χ0) is 15.6. The molecule has 0 N–H and O–H groups in total. The van der Waals surface area contributed by atoms with Crippen LogP contribution in [0.2, 0.25) is 0 Å². The van der Waals surface area contributed by atoms with Gasteiger partial charge in [-0.05, 0) is 26.2 Å². The summed E-state index contributed by atoms with van der Waals surface area (Å²) in [6, 6.07) is 0. The molecule has 0 fully saturated rings. The fourth-order valence-electron chi connectivity index (χ4n) is 2.98. The molecule has 0 aromatic rings. The highest BCUT2D eigenvalue weighted by atomic mass is 14.3. The normalized spacial score (nSPS) is 21.1. The maximum absolute atomic E-state index is 4.11. The summed E-state index contributed by atoms with van der Waals surface area (Å²) in [5.74, 6) is 0. The highest BCUT2D eigenvalue weighted by Crippen LogP contribution is 2.38. The van der Waals surface area contributed by atoms with E-state index in [1.54, 1.807) is 0 Å². The summed E-state index contributed by atoms with van der Waals surface area (Å²) < 4.78 is 0. The van der Waals surface area contributed by atoms with Gasteiger partial charge in [0.2, 0.25) is 0 Å². The SMILES string of the molecule is C=CC1(C(=C)C)C=CC(CCCCCCCCCC)=CC1. The lowest BCUT2D eigenvalue weighted by molar-refractivity contribution is 0.568. The molecule has 1 rings (SSSR count). The second-order valence-corrected chi connectivity index (χ2v) is 6.57. The summed E-state index contributed by atoms with van der Waals surface area (Å²) in [5.41, 5.74) is 2.69. The summed E-state index contributed by atoms with van der Waals surface area (Å²) in [4.78, 5) is 0. The molecule has 0 amide bonds. The van der Waals surface area contributed by atoms with Crippen molar-refractivity contribution >= 4 is 0 Å². The Morgan fingerprint density at radius 2 is 1.76 bits per heavy atom. The van der Waals surface area contributed by atoms with Crippen LogP contribution in [-0.2, 0) is 0 Å². The molecule has 0 spiro atoms. The third-order valence-electron chi connectivity index (χ3n) is 4.77. The lowest BCUT2D eigenvalue weighted by Gasteiger charge is -2.29. The van der Waals surface area contributed by atoms with Crippen molar-refractivity contribution in [1.82, 2.24) is 0 Å². The van der Waals surface area contributed by atoms with Gasteiger partial charge in [-0.3, -0.25) is 0 Å². The van der Waals surface area contributed by atoms with Crippen LogP contribution in [0.15, 0.2) is 48.6 Å². The van der Waals surface area contributed by atoms with Crippen molar-refractivity contribution < 1.29 is 0 Å². The van der Waals surface area contributed by atoms with Crippen LogP contribution in [-0.4, -0.2) is 0 Å².